The lowest BCUT2D eigenvalue weighted by Crippen LogP contribution is -1.96. The summed E-state index contributed by atoms with van der Waals surface area (Å²) in [6.45, 7) is 0. The lowest BCUT2D eigenvalue weighted by atomic mass is 10.1. The molecule has 8 nitrogen and oxygen atoms in total. The van der Waals surface area contributed by atoms with Gasteiger partial charge in [0.2, 0.25) is 11.5 Å². The van der Waals surface area contributed by atoms with Crippen LogP contribution in [0.1, 0.15) is 22.5 Å². The molecule has 0 aliphatic rings. The number of methoxy groups -OCH3 is 6. The van der Waals surface area contributed by atoms with Gasteiger partial charge in [0.05, 0.1) is 55.1 Å². The summed E-state index contributed by atoms with van der Waals surface area (Å²) < 4.78 is 32.1. The maximum absolute atomic E-state index is 5.37. The minimum absolute atomic E-state index is 0.463. The molecule has 3 rings (SSSR count). The molecule has 0 radical (unpaired) electrons. The van der Waals surface area contributed by atoms with Crippen LogP contribution in [0.25, 0.3) is 0 Å². The molecule has 3 aromatic rings. The molecule has 0 N–H and O–H groups in total. The standard InChI is InChI=1S/C26H24N2O6/c1-29-21-11-17(12-22(30-2)25(21)33-5)7-9-19-15-27-16-20(28-19)10-8-18-13-23(31-3)26(34-6)24(14-18)32-4/h11-16H,1-6H3. The normalized spacial score (nSPS) is 9.59. The van der Waals surface area contributed by atoms with E-state index in [0.29, 0.717) is 57.0 Å². The van der Waals surface area contributed by atoms with Crippen molar-refractivity contribution in [3.05, 3.63) is 59.2 Å². The fraction of sp³-hybridized carbons (Fsp3) is 0.231. The molecule has 2 aromatic carbocycles. The van der Waals surface area contributed by atoms with Crippen molar-refractivity contribution in [2.45, 2.75) is 0 Å². The Morgan fingerprint density at radius 3 is 1.15 bits per heavy atom. The van der Waals surface area contributed by atoms with Gasteiger partial charge in [-0.1, -0.05) is 11.8 Å². The molecule has 0 atom stereocenters. The van der Waals surface area contributed by atoms with Crippen molar-refractivity contribution < 1.29 is 28.4 Å². The van der Waals surface area contributed by atoms with Gasteiger partial charge in [0.1, 0.15) is 11.4 Å². The summed E-state index contributed by atoms with van der Waals surface area (Å²) in [6, 6.07) is 7.04. The van der Waals surface area contributed by atoms with Crippen molar-refractivity contribution in [1.82, 2.24) is 9.97 Å². The second-order valence-corrected chi connectivity index (χ2v) is 6.62. The van der Waals surface area contributed by atoms with Crippen LogP contribution in [0.3, 0.4) is 0 Å². The largest absolute Gasteiger partial charge is 0.493 e. The smallest absolute Gasteiger partial charge is 0.203 e. The monoisotopic (exact) mass is 460 g/mol. The van der Waals surface area contributed by atoms with E-state index in [2.05, 4.69) is 33.6 Å². The van der Waals surface area contributed by atoms with E-state index in [1.807, 2.05) is 0 Å². The van der Waals surface area contributed by atoms with Crippen molar-refractivity contribution in [2.24, 2.45) is 0 Å². The van der Waals surface area contributed by atoms with Crippen molar-refractivity contribution >= 4 is 0 Å². The summed E-state index contributed by atoms with van der Waals surface area (Å²) in [7, 11) is 9.30. The van der Waals surface area contributed by atoms with Crippen LogP contribution < -0.4 is 28.4 Å². The molecule has 0 aliphatic carbocycles. The van der Waals surface area contributed by atoms with Crippen molar-refractivity contribution in [1.29, 1.82) is 0 Å². The second-order valence-electron chi connectivity index (χ2n) is 6.62. The van der Waals surface area contributed by atoms with E-state index in [4.69, 9.17) is 28.4 Å². The van der Waals surface area contributed by atoms with Crippen LogP contribution >= 0.6 is 0 Å². The average molecular weight is 460 g/mol. The average Bonchev–Trinajstić information content (AvgIpc) is 2.89. The molecular weight excluding hydrogens is 436 g/mol. The molecule has 0 aliphatic heterocycles. The van der Waals surface area contributed by atoms with Crippen molar-refractivity contribution in [3.63, 3.8) is 0 Å². The van der Waals surface area contributed by atoms with E-state index in [0.717, 1.165) is 0 Å². The molecular formula is C26H24N2O6. The highest BCUT2D eigenvalue weighted by atomic mass is 16.5. The first-order chi connectivity index (χ1) is 16.6. The van der Waals surface area contributed by atoms with Gasteiger partial charge in [0.25, 0.3) is 0 Å². The molecule has 0 spiro atoms. The third kappa shape index (κ3) is 5.43. The molecule has 0 saturated heterocycles. The topological polar surface area (TPSA) is 81.2 Å². The van der Waals surface area contributed by atoms with Gasteiger partial charge >= 0.3 is 0 Å². The summed E-state index contributed by atoms with van der Waals surface area (Å²) in [6.07, 6.45) is 3.13. The Bertz CT molecular complexity index is 1150. The van der Waals surface area contributed by atoms with Crippen LogP contribution in [0.5, 0.6) is 34.5 Å². The summed E-state index contributed by atoms with van der Waals surface area (Å²) in [5, 5.41) is 0. The van der Waals surface area contributed by atoms with E-state index in [1.54, 1.807) is 79.3 Å². The summed E-state index contributed by atoms with van der Waals surface area (Å²) in [5.74, 6) is 15.1. The van der Waals surface area contributed by atoms with Gasteiger partial charge in [0.15, 0.2) is 23.0 Å². The van der Waals surface area contributed by atoms with E-state index in [1.165, 1.54) is 0 Å². The first kappa shape index (κ1) is 24.1. The number of ether oxygens (including phenoxy) is 6. The number of nitrogens with zero attached hydrogens (tertiary/aromatic N) is 2. The lowest BCUT2D eigenvalue weighted by molar-refractivity contribution is 0.324. The molecule has 1 heterocycles. The number of hydrogen-bond donors (Lipinski definition) is 0. The fourth-order valence-corrected chi connectivity index (χ4v) is 3.07. The number of aromatic nitrogens is 2. The molecule has 34 heavy (non-hydrogen) atoms. The van der Waals surface area contributed by atoms with Gasteiger partial charge in [-0.15, -0.1) is 0 Å². The third-order valence-electron chi connectivity index (χ3n) is 4.63. The first-order valence-electron chi connectivity index (χ1n) is 10.0. The molecule has 0 bridgehead atoms. The van der Waals surface area contributed by atoms with Gasteiger partial charge in [-0.2, -0.15) is 0 Å². The van der Waals surface area contributed by atoms with Crippen molar-refractivity contribution in [2.75, 3.05) is 42.7 Å². The predicted octanol–water partition coefficient (Wildman–Crippen LogP) is 3.33. The van der Waals surface area contributed by atoms with Crippen LogP contribution in [-0.4, -0.2) is 52.6 Å². The molecule has 0 saturated carbocycles. The van der Waals surface area contributed by atoms with Crippen LogP contribution in [0.15, 0.2) is 36.7 Å². The maximum Gasteiger partial charge on any atom is 0.203 e. The molecule has 0 unspecified atom stereocenters. The quantitative estimate of drug-likeness (QED) is 0.519. The van der Waals surface area contributed by atoms with Gasteiger partial charge in [-0.05, 0) is 36.1 Å². The Kier molecular flexibility index (Phi) is 8.04. The summed E-state index contributed by atoms with van der Waals surface area (Å²) in [5.41, 5.74) is 2.27. The Hall–Kier alpha value is -4.56. The highest BCUT2D eigenvalue weighted by Gasteiger charge is 2.13. The zero-order valence-corrected chi connectivity index (χ0v) is 19.8. The highest BCUT2D eigenvalue weighted by molar-refractivity contribution is 5.59. The second kappa shape index (κ2) is 11.3. The molecule has 174 valence electrons. The molecule has 1 aromatic heterocycles. The van der Waals surface area contributed by atoms with Crippen LogP contribution in [0.2, 0.25) is 0 Å². The highest BCUT2D eigenvalue weighted by Crippen LogP contribution is 2.38. The van der Waals surface area contributed by atoms with Crippen LogP contribution in [0.4, 0.5) is 0 Å². The van der Waals surface area contributed by atoms with Gasteiger partial charge in [-0.25, -0.2) is 4.98 Å². The third-order valence-corrected chi connectivity index (χ3v) is 4.63. The number of rotatable bonds is 6. The Morgan fingerprint density at radius 2 is 0.853 bits per heavy atom. The van der Waals surface area contributed by atoms with E-state index in [9.17, 15) is 0 Å². The number of benzene rings is 2. The zero-order chi connectivity index (χ0) is 24.5. The predicted molar refractivity (Wildman–Crippen MR) is 126 cm³/mol. The number of hydrogen-bond acceptors (Lipinski definition) is 8. The summed E-state index contributed by atoms with van der Waals surface area (Å²) >= 11 is 0. The molecule has 0 fully saturated rings. The van der Waals surface area contributed by atoms with Gasteiger partial charge in [-0.3, -0.25) is 4.98 Å². The van der Waals surface area contributed by atoms with Crippen LogP contribution in [-0.2, 0) is 0 Å². The van der Waals surface area contributed by atoms with Crippen molar-refractivity contribution in [3.8, 4) is 58.2 Å². The summed E-state index contributed by atoms with van der Waals surface area (Å²) in [4.78, 5) is 8.65. The van der Waals surface area contributed by atoms with E-state index >= 15 is 0 Å². The lowest BCUT2D eigenvalue weighted by Gasteiger charge is -2.12. The van der Waals surface area contributed by atoms with Crippen LogP contribution in [0, 0.1) is 23.7 Å². The zero-order valence-electron chi connectivity index (χ0n) is 19.8. The molecule has 0 amide bonds. The Morgan fingerprint density at radius 1 is 0.500 bits per heavy atom. The van der Waals surface area contributed by atoms with E-state index < -0.39 is 0 Å². The minimum Gasteiger partial charge on any atom is -0.493 e. The van der Waals surface area contributed by atoms with E-state index in [-0.39, 0.29) is 0 Å². The molecule has 8 heteroatoms. The van der Waals surface area contributed by atoms with Gasteiger partial charge < -0.3 is 28.4 Å². The minimum atomic E-state index is 0.463. The Labute approximate surface area is 198 Å². The first-order valence-corrected chi connectivity index (χ1v) is 10.0. The maximum atomic E-state index is 5.37. The SMILES string of the molecule is COc1cc(C#Cc2cncc(C#Cc3cc(OC)c(OC)c(OC)c3)n2)cc(OC)c1OC. The fourth-order valence-electron chi connectivity index (χ4n) is 3.07. The van der Waals surface area contributed by atoms with Gasteiger partial charge in [0, 0.05) is 11.1 Å². The Balaban J connectivity index is 1.91.